The van der Waals surface area contributed by atoms with Crippen molar-refractivity contribution >= 4 is 39.2 Å². The van der Waals surface area contributed by atoms with Crippen molar-refractivity contribution < 1.29 is 4.79 Å². The summed E-state index contributed by atoms with van der Waals surface area (Å²) in [6, 6.07) is 0.229. The first kappa shape index (κ1) is 17.4. The SMILES string of the molecule is Cc1sc2nc(CSC(C)C(=O)NC3CCNC3)[nH]c(=O)c2c1C. The van der Waals surface area contributed by atoms with Crippen LogP contribution < -0.4 is 16.2 Å². The van der Waals surface area contributed by atoms with Gasteiger partial charge in [0, 0.05) is 17.5 Å². The molecule has 1 saturated heterocycles. The molecule has 0 spiro atoms. The number of aryl methyl sites for hydroxylation is 2. The fourth-order valence-corrected chi connectivity index (χ4v) is 4.56. The molecular formula is C16H22N4O2S2. The summed E-state index contributed by atoms with van der Waals surface area (Å²) in [5, 5.41) is 6.79. The van der Waals surface area contributed by atoms with Gasteiger partial charge in [-0.3, -0.25) is 9.59 Å². The number of amides is 1. The highest BCUT2D eigenvalue weighted by Gasteiger charge is 2.21. The summed E-state index contributed by atoms with van der Waals surface area (Å²) in [5.41, 5.74) is 0.910. The molecule has 3 rings (SSSR count). The Kier molecular flexibility index (Phi) is 5.27. The number of hydrogen-bond donors (Lipinski definition) is 3. The van der Waals surface area contributed by atoms with Crippen LogP contribution in [0.2, 0.25) is 0 Å². The van der Waals surface area contributed by atoms with Crippen LogP contribution in [0.15, 0.2) is 4.79 Å². The number of nitrogens with one attached hydrogen (secondary N) is 3. The van der Waals surface area contributed by atoms with Gasteiger partial charge in [-0.15, -0.1) is 23.1 Å². The van der Waals surface area contributed by atoms with E-state index in [9.17, 15) is 9.59 Å². The molecule has 0 bridgehead atoms. The number of aromatic amines is 1. The van der Waals surface area contributed by atoms with Crippen LogP contribution >= 0.6 is 23.1 Å². The monoisotopic (exact) mass is 366 g/mol. The number of carbonyl (C=O) groups excluding carboxylic acids is 1. The van der Waals surface area contributed by atoms with Crippen LogP contribution in [0.3, 0.4) is 0 Å². The summed E-state index contributed by atoms with van der Waals surface area (Å²) >= 11 is 3.03. The molecule has 130 valence electrons. The molecular weight excluding hydrogens is 344 g/mol. The van der Waals surface area contributed by atoms with Crippen molar-refractivity contribution in [2.24, 2.45) is 0 Å². The van der Waals surface area contributed by atoms with Crippen molar-refractivity contribution in [2.45, 2.75) is 44.2 Å². The van der Waals surface area contributed by atoms with Gasteiger partial charge in [-0.2, -0.15) is 0 Å². The Morgan fingerprint density at radius 1 is 1.50 bits per heavy atom. The third-order valence-corrected chi connectivity index (χ3v) is 6.59. The fraction of sp³-hybridized carbons (Fsp3) is 0.562. The van der Waals surface area contributed by atoms with Gasteiger partial charge in [-0.05, 0) is 39.3 Å². The van der Waals surface area contributed by atoms with Crippen LogP contribution in [0.1, 0.15) is 29.6 Å². The summed E-state index contributed by atoms with van der Waals surface area (Å²) in [5.74, 6) is 1.18. The van der Waals surface area contributed by atoms with Gasteiger partial charge >= 0.3 is 0 Å². The smallest absolute Gasteiger partial charge is 0.259 e. The van der Waals surface area contributed by atoms with Crippen LogP contribution in [-0.2, 0) is 10.5 Å². The van der Waals surface area contributed by atoms with Crippen LogP contribution in [0.5, 0.6) is 0 Å². The Morgan fingerprint density at radius 3 is 3.00 bits per heavy atom. The lowest BCUT2D eigenvalue weighted by Gasteiger charge is -2.15. The Balaban J connectivity index is 1.64. The molecule has 2 aromatic heterocycles. The number of rotatable bonds is 5. The topological polar surface area (TPSA) is 86.9 Å². The number of hydrogen-bond acceptors (Lipinski definition) is 6. The van der Waals surface area contributed by atoms with E-state index in [4.69, 9.17) is 0 Å². The number of thioether (sulfide) groups is 1. The first-order chi connectivity index (χ1) is 11.5. The predicted molar refractivity (Wildman–Crippen MR) is 99.9 cm³/mol. The molecule has 3 N–H and O–H groups in total. The zero-order valence-corrected chi connectivity index (χ0v) is 15.7. The van der Waals surface area contributed by atoms with E-state index in [1.165, 1.54) is 11.8 Å². The molecule has 2 aromatic rings. The van der Waals surface area contributed by atoms with E-state index in [1.807, 2.05) is 20.8 Å². The van der Waals surface area contributed by atoms with E-state index >= 15 is 0 Å². The number of aromatic nitrogens is 2. The first-order valence-corrected chi connectivity index (χ1v) is 9.94. The quantitative estimate of drug-likeness (QED) is 0.750. The second-order valence-corrected chi connectivity index (χ2v) is 8.66. The molecule has 8 heteroatoms. The number of nitrogens with zero attached hydrogens (tertiary/aromatic N) is 1. The molecule has 1 amide bonds. The van der Waals surface area contributed by atoms with E-state index in [1.54, 1.807) is 11.3 Å². The maximum absolute atomic E-state index is 12.3. The van der Waals surface area contributed by atoms with E-state index < -0.39 is 0 Å². The molecule has 2 atom stereocenters. The van der Waals surface area contributed by atoms with Crippen LogP contribution in [0.4, 0.5) is 0 Å². The molecule has 1 fully saturated rings. The van der Waals surface area contributed by atoms with Crippen molar-refractivity contribution in [2.75, 3.05) is 13.1 Å². The highest BCUT2D eigenvalue weighted by molar-refractivity contribution is 7.99. The molecule has 3 heterocycles. The van der Waals surface area contributed by atoms with Crippen LogP contribution in [0.25, 0.3) is 10.2 Å². The number of H-pyrrole nitrogens is 1. The van der Waals surface area contributed by atoms with Crippen molar-refractivity contribution in [3.63, 3.8) is 0 Å². The summed E-state index contributed by atoms with van der Waals surface area (Å²) in [6.07, 6.45) is 0.978. The van der Waals surface area contributed by atoms with E-state index in [2.05, 4.69) is 20.6 Å². The van der Waals surface area contributed by atoms with Gasteiger partial charge in [0.05, 0.1) is 16.4 Å². The average Bonchev–Trinajstić information content (AvgIpc) is 3.13. The van der Waals surface area contributed by atoms with Gasteiger partial charge in [0.2, 0.25) is 5.91 Å². The van der Waals surface area contributed by atoms with Gasteiger partial charge in [-0.25, -0.2) is 4.98 Å². The lowest BCUT2D eigenvalue weighted by Crippen LogP contribution is -2.40. The Morgan fingerprint density at radius 2 is 2.29 bits per heavy atom. The van der Waals surface area contributed by atoms with Gasteiger partial charge in [0.15, 0.2) is 0 Å². The summed E-state index contributed by atoms with van der Waals surface area (Å²) < 4.78 is 0. The number of fused-ring (bicyclic) bond motifs is 1. The molecule has 1 aliphatic heterocycles. The normalized spacial score (nSPS) is 18.9. The number of carbonyl (C=O) groups is 1. The van der Waals surface area contributed by atoms with Crippen LogP contribution in [-0.4, -0.2) is 40.3 Å². The minimum atomic E-state index is -0.182. The predicted octanol–water partition coefficient (Wildman–Crippen LogP) is 1.70. The second kappa shape index (κ2) is 7.25. The highest BCUT2D eigenvalue weighted by Crippen LogP contribution is 2.26. The van der Waals surface area contributed by atoms with Crippen molar-refractivity contribution in [3.8, 4) is 0 Å². The van der Waals surface area contributed by atoms with E-state index in [-0.39, 0.29) is 22.8 Å². The minimum absolute atomic E-state index is 0.0416. The average molecular weight is 367 g/mol. The van der Waals surface area contributed by atoms with Gasteiger partial charge in [-0.1, -0.05) is 0 Å². The molecule has 1 aliphatic rings. The van der Waals surface area contributed by atoms with Gasteiger partial charge in [0.25, 0.3) is 5.56 Å². The third kappa shape index (κ3) is 3.65. The lowest BCUT2D eigenvalue weighted by molar-refractivity contribution is -0.120. The molecule has 0 radical (unpaired) electrons. The second-order valence-electron chi connectivity index (χ2n) is 6.13. The van der Waals surface area contributed by atoms with Crippen molar-refractivity contribution in [1.29, 1.82) is 0 Å². The standard InChI is InChI=1S/C16H22N4O2S2/c1-8-9(2)24-16-13(8)15(22)19-12(20-16)7-23-10(3)14(21)18-11-4-5-17-6-11/h10-11,17H,4-7H2,1-3H3,(H,18,21)(H,19,20,22). The molecule has 6 nitrogen and oxygen atoms in total. The largest absolute Gasteiger partial charge is 0.351 e. The number of thiophene rings is 1. The zero-order chi connectivity index (χ0) is 17.3. The molecule has 24 heavy (non-hydrogen) atoms. The molecule has 2 unspecified atom stereocenters. The van der Waals surface area contributed by atoms with E-state index in [0.29, 0.717) is 17.0 Å². The fourth-order valence-electron chi connectivity index (χ4n) is 2.74. The van der Waals surface area contributed by atoms with E-state index in [0.717, 1.165) is 34.8 Å². The molecule has 0 aromatic carbocycles. The van der Waals surface area contributed by atoms with Crippen LogP contribution in [0, 0.1) is 13.8 Å². The summed E-state index contributed by atoms with van der Waals surface area (Å²) in [6.45, 7) is 7.63. The molecule has 0 saturated carbocycles. The maximum Gasteiger partial charge on any atom is 0.259 e. The summed E-state index contributed by atoms with van der Waals surface area (Å²) in [4.78, 5) is 33.8. The third-order valence-electron chi connectivity index (χ3n) is 4.33. The Hall–Kier alpha value is -1.38. The zero-order valence-electron chi connectivity index (χ0n) is 14.1. The van der Waals surface area contributed by atoms with Crippen molar-refractivity contribution in [3.05, 3.63) is 26.6 Å². The Bertz CT molecular complexity index is 808. The highest BCUT2D eigenvalue weighted by atomic mass is 32.2. The summed E-state index contributed by atoms with van der Waals surface area (Å²) in [7, 11) is 0. The Labute approximate surface area is 148 Å². The van der Waals surface area contributed by atoms with Crippen molar-refractivity contribution in [1.82, 2.24) is 20.6 Å². The lowest BCUT2D eigenvalue weighted by atomic mass is 10.2. The minimum Gasteiger partial charge on any atom is -0.351 e. The van der Waals surface area contributed by atoms with Gasteiger partial charge < -0.3 is 15.6 Å². The maximum atomic E-state index is 12.3. The first-order valence-electron chi connectivity index (χ1n) is 8.07. The van der Waals surface area contributed by atoms with Gasteiger partial charge in [0.1, 0.15) is 10.7 Å². The molecule has 0 aliphatic carbocycles.